The van der Waals surface area contributed by atoms with Crippen molar-refractivity contribution in [2.24, 2.45) is 0 Å². The van der Waals surface area contributed by atoms with Gasteiger partial charge in [-0.25, -0.2) is 0 Å². The number of rotatable bonds is 5. The van der Waals surface area contributed by atoms with Crippen molar-refractivity contribution in [2.45, 2.75) is 6.54 Å². The minimum Gasteiger partial charge on any atom is -0.472 e. The fourth-order valence-electron chi connectivity index (χ4n) is 2.58. The van der Waals surface area contributed by atoms with Gasteiger partial charge in [0.25, 0.3) is 5.91 Å². The van der Waals surface area contributed by atoms with Crippen LogP contribution in [0.25, 0.3) is 0 Å². The summed E-state index contributed by atoms with van der Waals surface area (Å²) in [5.74, 6) is -0.291. The molecule has 0 aliphatic heterocycles. The lowest BCUT2D eigenvalue weighted by atomic mass is 10.0. The van der Waals surface area contributed by atoms with Crippen molar-refractivity contribution in [3.8, 4) is 6.07 Å². The van der Waals surface area contributed by atoms with Gasteiger partial charge in [-0.1, -0.05) is 24.3 Å². The van der Waals surface area contributed by atoms with Crippen LogP contribution in [0.5, 0.6) is 0 Å². The number of furan rings is 1. The highest BCUT2D eigenvalue weighted by Crippen LogP contribution is 2.14. The summed E-state index contributed by atoms with van der Waals surface area (Å²) in [6.45, 7) is 0.431. The molecular formula is C21H16N2O3. The Morgan fingerprint density at radius 1 is 0.962 bits per heavy atom. The molecule has 0 aliphatic rings. The Bertz CT molecular complexity index is 950. The molecule has 0 saturated heterocycles. The Balaban J connectivity index is 1.68. The summed E-state index contributed by atoms with van der Waals surface area (Å²) >= 11 is 0. The molecule has 5 nitrogen and oxygen atoms in total. The normalized spacial score (nSPS) is 10.2. The van der Waals surface area contributed by atoms with Gasteiger partial charge in [0.15, 0.2) is 5.78 Å². The lowest BCUT2D eigenvalue weighted by molar-refractivity contribution is 0.0784. The quantitative estimate of drug-likeness (QED) is 0.662. The van der Waals surface area contributed by atoms with Crippen LogP contribution in [0.4, 0.5) is 0 Å². The molecule has 128 valence electrons. The molecule has 1 amide bonds. The van der Waals surface area contributed by atoms with Gasteiger partial charge in [-0.05, 0) is 35.9 Å². The SMILES string of the molecule is CN(Cc1ccc(C#N)cc1)C(=O)c1ccc(C(=O)c2ccoc2)cc1. The van der Waals surface area contributed by atoms with E-state index in [1.165, 1.54) is 12.5 Å². The molecule has 3 rings (SSSR count). The number of hydrogen-bond acceptors (Lipinski definition) is 4. The molecule has 2 aromatic carbocycles. The van der Waals surface area contributed by atoms with Crippen LogP contribution in [0.1, 0.15) is 37.4 Å². The maximum Gasteiger partial charge on any atom is 0.253 e. The molecule has 0 saturated carbocycles. The number of benzene rings is 2. The molecular weight excluding hydrogens is 328 g/mol. The smallest absolute Gasteiger partial charge is 0.253 e. The van der Waals surface area contributed by atoms with E-state index in [4.69, 9.17) is 9.68 Å². The number of hydrogen-bond donors (Lipinski definition) is 0. The molecule has 3 aromatic rings. The minimum atomic E-state index is -0.149. The van der Waals surface area contributed by atoms with Crippen LogP contribution in [-0.4, -0.2) is 23.6 Å². The zero-order valence-electron chi connectivity index (χ0n) is 14.2. The molecule has 0 radical (unpaired) electrons. The molecule has 1 aromatic heterocycles. The van der Waals surface area contributed by atoms with E-state index in [0.29, 0.717) is 28.8 Å². The zero-order chi connectivity index (χ0) is 18.5. The van der Waals surface area contributed by atoms with Crippen LogP contribution in [-0.2, 0) is 6.54 Å². The van der Waals surface area contributed by atoms with E-state index in [9.17, 15) is 9.59 Å². The average molecular weight is 344 g/mol. The lowest BCUT2D eigenvalue weighted by Gasteiger charge is -2.17. The van der Waals surface area contributed by atoms with Gasteiger partial charge >= 0.3 is 0 Å². The van der Waals surface area contributed by atoms with Crippen molar-refractivity contribution in [3.63, 3.8) is 0 Å². The van der Waals surface area contributed by atoms with Crippen molar-refractivity contribution in [2.75, 3.05) is 7.05 Å². The molecule has 0 aliphatic carbocycles. The summed E-state index contributed by atoms with van der Waals surface area (Å²) < 4.78 is 4.92. The summed E-state index contributed by atoms with van der Waals surface area (Å²) in [5, 5.41) is 8.83. The second-order valence-corrected chi connectivity index (χ2v) is 5.89. The van der Waals surface area contributed by atoms with E-state index in [1.54, 1.807) is 54.4 Å². The molecule has 0 atom stereocenters. The van der Waals surface area contributed by atoms with Gasteiger partial charge in [0.2, 0.25) is 0 Å². The predicted molar refractivity (Wildman–Crippen MR) is 95.5 cm³/mol. The zero-order valence-corrected chi connectivity index (χ0v) is 14.2. The molecule has 0 fully saturated rings. The average Bonchev–Trinajstić information content (AvgIpc) is 3.22. The van der Waals surface area contributed by atoms with E-state index < -0.39 is 0 Å². The number of amides is 1. The molecule has 0 unspecified atom stereocenters. The highest BCUT2D eigenvalue weighted by atomic mass is 16.3. The maximum absolute atomic E-state index is 12.6. The predicted octanol–water partition coefficient (Wildman–Crippen LogP) is 3.65. The van der Waals surface area contributed by atoms with E-state index >= 15 is 0 Å². The Morgan fingerprint density at radius 2 is 1.62 bits per heavy atom. The minimum absolute atomic E-state index is 0.142. The van der Waals surface area contributed by atoms with Crippen LogP contribution >= 0.6 is 0 Å². The number of ketones is 1. The van der Waals surface area contributed by atoms with Crippen LogP contribution < -0.4 is 0 Å². The Morgan fingerprint density at radius 3 is 2.19 bits per heavy atom. The maximum atomic E-state index is 12.6. The van der Waals surface area contributed by atoms with Crippen LogP contribution in [0, 0.1) is 11.3 Å². The van der Waals surface area contributed by atoms with E-state index in [-0.39, 0.29) is 11.7 Å². The summed E-state index contributed by atoms with van der Waals surface area (Å²) in [6.07, 6.45) is 2.84. The van der Waals surface area contributed by atoms with Gasteiger partial charge in [0, 0.05) is 24.7 Å². The van der Waals surface area contributed by atoms with Crippen molar-refractivity contribution < 1.29 is 14.0 Å². The van der Waals surface area contributed by atoms with Crippen molar-refractivity contribution >= 4 is 11.7 Å². The van der Waals surface area contributed by atoms with Crippen LogP contribution in [0.2, 0.25) is 0 Å². The summed E-state index contributed by atoms with van der Waals surface area (Å²) in [7, 11) is 1.71. The summed E-state index contributed by atoms with van der Waals surface area (Å²) in [4.78, 5) is 26.4. The third-order valence-electron chi connectivity index (χ3n) is 4.03. The number of nitrogens with zero attached hydrogens (tertiary/aromatic N) is 2. The van der Waals surface area contributed by atoms with Gasteiger partial charge in [0.05, 0.1) is 23.5 Å². The third kappa shape index (κ3) is 3.70. The van der Waals surface area contributed by atoms with Gasteiger partial charge in [-0.15, -0.1) is 0 Å². The lowest BCUT2D eigenvalue weighted by Crippen LogP contribution is -2.26. The van der Waals surface area contributed by atoms with Crippen LogP contribution in [0.3, 0.4) is 0 Å². The highest BCUT2D eigenvalue weighted by molar-refractivity contribution is 6.09. The first-order chi connectivity index (χ1) is 12.6. The van der Waals surface area contributed by atoms with Gasteiger partial charge < -0.3 is 9.32 Å². The second kappa shape index (κ2) is 7.49. The first kappa shape index (κ1) is 17.2. The molecule has 1 heterocycles. The summed E-state index contributed by atoms with van der Waals surface area (Å²) in [6, 6.07) is 17.3. The summed E-state index contributed by atoms with van der Waals surface area (Å²) in [5.41, 5.74) is 3.00. The molecule has 0 bridgehead atoms. The fourth-order valence-corrected chi connectivity index (χ4v) is 2.58. The van der Waals surface area contributed by atoms with Crippen molar-refractivity contribution in [1.82, 2.24) is 4.90 Å². The largest absolute Gasteiger partial charge is 0.472 e. The van der Waals surface area contributed by atoms with Gasteiger partial charge in [-0.3, -0.25) is 9.59 Å². The second-order valence-electron chi connectivity index (χ2n) is 5.89. The van der Waals surface area contributed by atoms with Crippen molar-refractivity contribution in [1.29, 1.82) is 5.26 Å². The van der Waals surface area contributed by atoms with Gasteiger partial charge in [-0.2, -0.15) is 5.26 Å². The first-order valence-electron chi connectivity index (χ1n) is 8.00. The van der Waals surface area contributed by atoms with Crippen LogP contribution in [0.15, 0.2) is 71.5 Å². The molecule has 5 heteroatoms. The topological polar surface area (TPSA) is 74.3 Å². The molecule has 0 spiro atoms. The molecule has 26 heavy (non-hydrogen) atoms. The number of carbonyl (C=O) groups is 2. The van der Waals surface area contributed by atoms with E-state index in [2.05, 4.69) is 6.07 Å². The Kier molecular flexibility index (Phi) is 4.95. The third-order valence-corrected chi connectivity index (χ3v) is 4.03. The first-order valence-corrected chi connectivity index (χ1v) is 8.00. The number of carbonyl (C=O) groups excluding carboxylic acids is 2. The van der Waals surface area contributed by atoms with Gasteiger partial charge in [0.1, 0.15) is 6.26 Å². The Labute approximate surface area is 151 Å². The monoisotopic (exact) mass is 344 g/mol. The van der Waals surface area contributed by atoms with E-state index in [0.717, 1.165) is 5.56 Å². The Hall–Kier alpha value is -3.65. The number of nitriles is 1. The standard InChI is InChI=1S/C21H16N2O3/c1-23(13-16-4-2-15(12-22)3-5-16)21(25)18-8-6-17(7-9-18)20(24)19-10-11-26-14-19/h2-11,14H,13H2,1H3. The highest BCUT2D eigenvalue weighted by Gasteiger charge is 2.14. The van der Waals surface area contributed by atoms with E-state index in [1.807, 2.05) is 12.1 Å². The molecule has 0 N–H and O–H groups in total. The van der Waals surface area contributed by atoms with Crippen molar-refractivity contribution in [3.05, 3.63) is 94.9 Å². The fraction of sp³-hybridized carbons (Fsp3) is 0.0952.